The second-order valence-corrected chi connectivity index (χ2v) is 4.81. The summed E-state index contributed by atoms with van der Waals surface area (Å²) in [4.78, 5) is 4.00. The summed E-state index contributed by atoms with van der Waals surface area (Å²) >= 11 is 0. The van der Waals surface area contributed by atoms with Crippen molar-refractivity contribution >= 4 is 0 Å². The van der Waals surface area contributed by atoms with Crippen LogP contribution in [0.25, 0.3) is 0 Å². The SMILES string of the molecule is CCCNCc1ccc(OCCn2ccnc2)c(OC)c1. The predicted octanol–water partition coefficient (Wildman–Crippen LogP) is 2.47. The van der Waals surface area contributed by atoms with Gasteiger partial charge in [0.05, 0.1) is 20.0 Å². The molecule has 0 saturated heterocycles. The molecule has 1 aromatic heterocycles. The van der Waals surface area contributed by atoms with E-state index in [0.717, 1.165) is 37.6 Å². The molecule has 5 nitrogen and oxygen atoms in total. The van der Waals surface area contributed by atoms with E-state index in [0.29, 0.717) is 6.61 Å². The first-order chi connectivity index (χ1) is 10.3. The highest BCUT2D eigenvalue weighted by molar-refractivity contribution is 5.42. The maximum atomic E-state index is 5.79. The lowest BCUT2D eigenvalue weighted by Gasteiger charge is -2.12. The van der Waals surface area contributed by atoms with E-state index in [4.69, 9.17) is 9.47 Å². The summed E-state index contributed by atoms with van der Waals surface area (Å²) in [5.74, 6) is 1.55. The fraction of sp³-hybridized carbons (Fsp3) is 0.438. The van der Waals surface area contributed by atoms with Gasteiger partial charge in [-0.2, -0.15) is 0 Å². The topological polar surface area (TPSA) is 48.3 Å². The van der Waals surface area contributed by atoms with Crippen LogP contribution in [-0.2, 0) is 13.1 Å². The van der Waals surface area contributed by atoms with Gasteiger partial charge in [0.1, 0.15) is 6.61 Å². The van der Waals surface area contributed by atoms with E-state index in [-0.39, 0.29) is 0 Å². The molecule has 0 saturated carbocycles. The maximum absolute atomic E-state index is 5.79. The molecule has 0 aliphatic carbocycles. The third kappa shape index (κ3) is 4.79. The quantitative estimate of drug-likeness (QED) is 0.720. The highest BCUT2D eigenvalue weighted by atomic mass is 16.5. The Hall–Kier alpha value is -2.01. The van der Waals surface area contributed by atoms with Crippen molar-refractivity contribution in [3.8, 4) is 11.5 Å². The standard InChI is InChI=1S/C16H23N3O2/c1-3-6-17-12-14-4-5-15(16(11-14)20-2)21-10-9-19-8-7-18-13-19/h4-5,7-8,11,13,17H,3,6,9-10,12H2,1-2H3. The van der Waals surface area contributed by atoms with Gasteiger partial charge in [0.25, 0.3) is 0 Å². The van der Waals surface area contributed by atoms with Crippen molar-refractivity contribution in [3.05, 3.63) is 42.5 Å². The zero-order valence-electron chi connectivity index (χ0n) is 12.7. The van der Waals surface area contributed by atoms with Crippen molar-refractivity contribution in [1.82, 2.24) is 14.9 Å². The third-order valence-corrected chi connectivity index (χ3v) is 3.15. The van der Waals surface area contributed by atoms with Gasteiger partial charge in [-0.3, -0.25) is 0 Å². The fourth-order valence-corrected chi connectivity index (χ4v) is 2.03. The van der Waals surface area contributed by atoms with Crippen LogP contribution in [-0.4, -0.2) is 29.8 Å². The van der Waals surface area contributed by atoms with Crippen molar-refractivity contribution in [2.45, 2.75) is 26.4 Å². The van der Waals surface area contributed by atoms with Crippen LogP contribution in [0.4, 0.5) is 0 Å². The lowest BCUT2D eigenvalue weighted by molar-refractivity contribution is 0.279. The molecule has 0 atom stereocenters. The van der Waals surface area contributed by atoms with Crippen LogP contribution in [0.1, 0.15) is 18.9 Å². The summed E-state index contributed by atoms with van der Waals surface area (Å²) in [5.41, 5.74) is 1.20. The lowest BCUT2D eigenvalue weighted by atomic mass is 10.2. The summed E-state index contributed by atoms with van der Waals surface area (Å²) in [7, 11) is 1.67. The van der Waals surface area contributed by atoms with Gasteiger partial charge >= 0.3 is 0 Å². The molecule has 114 valence electrons. The Morgan fingerprint density at radius 1 is 1.29 bits per heavy atom. The summed E-state index contributed by atoms with van der Waals surface area (Å²) in [5, 5.41) is 3.38. The molecule has 2 aromatic rings. The van der Waals surface area contributed by atoms with E-state index in [2.05, 4.69) is 23.3 Å². The number of nitrogens with zero attached hydrogens (tertiary/aromatic N) is 2. The molecule has 2 rings (SSSR count). The summed E-state index contributed by atoms with van der Waals surface area (Å²) in [6.07, 6.45) is 6.59. The van der Waals surface area contributed by atoms with Crippen molar-refractivity contribution in [2.24, 2.45) is 0 Å². The smallest absolute Gasteiger partial charge is 0.161 e. The monoisotopic (exact) mass is 289 g/mol. The summed E-state index contributed by atoms with van der Waals surface area (Å²) in [6.45, 7) is 5.37. The average molecular weight is 289 g/mol. The minimum Gasteiger partial charge on any atom is -0.493 e. The molecule has 0 radical (unpaired) electrons. The van der Waals surface area contributed by atoms with Crippen LogP contribution in [0.2, 0.25) is 0 Å². The molecule has 0 aliphatic heterocycles. The van der Waals surface area contributed by atoms with Crippen LogP contribution < -0.4 is 14.8 Å². The lowest BCUT2D eigenvalue weighted by Crippen LogP contribution is -2.14. The van der Waals surface area contributed by atoms with Crippen molar-refractivity contribution < 1.29 is 9.47 Å². The summed E-state index contributed by atoms with van der Waals surface area (Å²) < 4.78 is 13.2. The Bertz CT molecular complexity index is 526. The number of benzene rings is 1. The van der Waals surface area contributed by atoms with Gasteiger partial charge in [0, 0.05) is 18.9 Å². The van der Waals surface area contributed by atoms with E-state index in [9.17, 15) is 0 Å². The molecule has 21 heavy (non-hydrogen) atoms. The first-order valence-electron chi connectivity index (χ1n) is 7.29. The normalized spacial score (nSPS) is 10.6. The number of ether oxygens (including phenoxy) is 2. The number of imidazole rings is 1. The molecule has 1 N–H and O–H groups in total. The number of aromatic nitrogens is 2. The van der Waals surface area contributed by atoms with E-state index in [1.54, 1.807) is 19.6 Å². The Balaban J connectivity index is 1.89. The molecule has 1 heterocycles. The summed E-state index contributed by atoms with van der Waals surface area (Å²) in [6, 6.07) is 6.06. The number of methoxy groups -OCH3 is 1. The van der Waals surface area contributed by atoms with Crippen LogP contribution in [0.3, 0.4) is 0 Å². The van der Waals surface area contributed by atoms with Crippen molar-refractivity contribution in [2.75, 3.05) is 20.3 Å². The Kier molecular flexibility index (Phi) is 6.09. The molecule has 1 aromatic carbocycles. The van der Waals surface area contributed by atoms with Crippen LogP contribution in [0.5, 0.6) is 11.5 Å². The van der Waals surface area contributed by atoms with Gasteiger partial charge in [-0.1, -0.05) is 13.0 Å². The van der Waals surface area contributed by atoms with Crippen molar-refractivity contribution in [1.29, 1.82) is 0 Å². The molecular weight excluding hydrogens is 266 g/mol. The second kappa shape index (κ2) is 8.32. The van der Waals surface area contributed by atoms with Gasteiger partial charge in [-0.25, -0.2) is 4.98 Å². The van der Waals surface area contributed by atoms with Gasteiger partial charge in [0.15, 0.2) is 11.5 Å². The minimum absolute atomic E-state index is 0.583. The second-order valence-electron chi connectivity index (χ2n) is 4.81. The molecule has 0 amide bonds. The van der Waals surface area contributed by atoms with Crippen LogP contribution in [0, 0.1) is 0 Å². The van der Waals surface area contributed by atoms with Gasteiger partial charge < -0.3 is 19.4 Å². The minimum atomic E-state index is 0.583. The molecule has 0 fully saturated rings. The molecule has 0 aliphatic rings. The van der Waals surface area contributed by atoms with Gasteiger partial charge in [-0.05, 0) is 30.7 Å². The zero-order valence-corrected chi connectivity index (χ0v) is 12.7. The highest BCUT2D eigenvalue weighted by Crippen LogP contribution is 2.28. The third-order valence-electron chi connectivity index (χ3n) is 3.15. The van der Waals surface area contributed by atoms with Gasteiger partial charge in [0.2, 0.25) is 0 Å². The zero-order chi connectivity index (χ0) is 14.9. The number of hydrogen-bond acceptors (Lipinski definition) is 4. The average Bonchev–Trinajstić information content (AvgIpc) is 3.02. The molecule has 0 bridgehead atoms. The Labute approximate surface area is 125 Å². The largest absolute Gasteiger partial charge is 0.493 e. The predicted molar refractivity (Wildman–Crippen MR) is 82.7 cm³/mol. The Morgan fingerprint density at radius 2 is 2.19 bits per heavy atom. The highest BCUT2D eigenvalue weighted by Gasteiger charge is 2.05. The van der Waals surface area contributed by atoms with E-state index in [1.165, 1.54) is 5.56 Å². The first kappa shape index (κ1) is 15.4. The molecule has 5 heteroatoms. The molecule has 0 spiro atoms. The number of rotatable bonds is 9. The van der Waals surface area contributed by atoms with Crippen LogP contribution >= 0.6 is 0 Å². The van der Waals surface area contributed by atoms with Crippen molar-refractivity contribution in [3.63, 3.8) is 0 Å². The van der Waals surface area contributed by atoms with E-state index in [1.807, 2.05) is 22.9 Å². The molecular formula is C16H23N3O2. The number of hydrogen-bond donors (Lipinski definition) is 1. The first-order valence-corrected chi connectivity index (χ1v) is 7.29. The maximum Gasteiger partial charge on any atom is 0.161 e. The number of nitrogens with one attached hydrogen (secondary N) is 1. The van der Waals surface area contributed by atoms with E-state index < -0.39 is 0 Å². The molecule has 0 unspecified atom stereocenters. The Morgan fingerprint density at radius 3 is 2.90 bits per heavy atom. The van der Waals surface area contributed by atoms with E-state index >= 15 is 0 Å². The van der Waals surface area contributed by atoms with Gasteiger partial charge in [-0.15, -0.1) is 0 Å². The van der Waals surface area contributed by atoms with Crippen LogP contribution in [0.15, 0.2) is 36.9 Å². The fourth-order valence-electron chi connectivity index (χ4n) is 2.03.